The summed E-state index contributed by atoms with van der Waals surface area (Å²) in [7, 11) is 2.14. The molecule has 1 unspecified atom stereocenters. The molecule has 0 bridgehead atoms. The second-order valence-electron chi connectivity index (χ2n) is 6.51. The molecule has 1 N–H and O–H groups in total. The first-order chi connectivity index (χ1) is 8.04. The Kier molecular flexibility index (Phi) is 4.11. The minimum absolute atomic E-state index is 0.252. The fourth-order valence-electron chi connectivity index (χ4n) is 3.68. The number of nitrogens with zero attached hydrogens (tertiary/aromatic N) is 2. The number of aliphatic hydroxyl groups is 1. The zero-order valence-corrected chi connectivity index (χ0v) is 11.7. The zero-order valence-electron chi connectivity index (χ0n) is 11.7. The molecule has 1 aliphatic carbocycles. The van der Waals surface area contributed by atoms with Crippen LogP contribution < -0.4 is 0 Å². The maximum atomic E-state index is 9.48. The molecule has 2 fully saturated rings. The van der Waals surface area contributed by atoms with Crippen LogP contribution in [0.1, 0.15) is 46.0 Å². The topological polar surface area (TPSA) is 26.7 Å². The van der Waals surface area contributed by atoms with E-state index in [1.54, 1.807) is 0 Å². The monoisotopic (exact) mass is 240 g/mol. The van der Waals surface area contributed by atoms with Gasteiger partial charge in [0.05, 0.1) is 6.61 Å². The lowest BCUT2D eigenvalue weighted by Crippen LogP contribution is -2.65. The molecule has 0 spiro atoms. The van der Waals surface area contributed by atoms with Crippen molar-refractivity contribution in [3.63, 3.8) is 0 Å². The second-order valence-corrected chi connectivity index (χ2v) is 6.51. The van der Waals surface area contributed by atoms with E-state index in [1.165, 1.54) is 32.1 Å². The lowest BCUT2D eigenvalue weighted by Gasteiger charge is -2.53. The molecular weight excluding hydrogens is 212 g/mol. The maximum absolute atomic E-state index is 9.48. The van der Waals surface area contributed by atoms with Gasteiger partial charge < -0.3 is 5.11 Å². The number of hydrogen-bond acceptors (Lipinski definition) is 3. The smallest absolute Gasteiger partial charge is 0.0599 e. The van der Waals surface area contributed by atoms with E-state index >= 15 is 0 Å². The van der Waals surface area contributed by atoms with E-state index in [2.05, 4.69) is 30.7 Å². The van der Waals surface area contributed by atoms with Crippen molar-refractivity contribution in [2.24, 2.45) is 0 Å². The maximum Gasteiger partial charge on any atom is 0.0599 e. The number of piperazine rings is 1. The van der Waals surface area contributed by atoms with Gasteiger partial charge in [-0.1, -0.05) is 19.3 Å². The first-order valence-electron chi connectivity index (χ1n) is 7.12. The highest BCUT2D eigenvalue weighted by Gasteiger charge is 2.40. The van der Waals surface area contributed by atoms with Crippen LogP contribution in [0.15, 0.2) is 0 Å². The van der Waals surface area contributed by atoms with Crippen molar-refractivity contribution in [2.45, 2.75) is 63.6 Å². The summed E-state index contributed by atoms with van der Waals surface area (Å²) in [5, 5.41) is 9.48. The van der Waals surface area contributed by atoms with Crippen LogP contribution in [0.4, 0.5) is 0 Å². The Labute approximate surface area is 106 Å². The Morgan fingerprint density at radius 2 is 1.82 bits per heavy atom. The lowest BCUT2D eigenvalue weighted by atomic mass is 9.87. The van der Waals surface area contributed by atoms with Crippen molar-refractivity contribution in [1.82, 2.24) is 9.80 Å². The second kappa shape index (κ2) is 5.25. The van der Waals surface area contributed by atoms with Crippen molar-refractivity contribution < 1.29 is 5.11 Å². The Morgan fingerprint density at radius 3 is 2.41 bits per heavy atom. The summed E-state index contributed by atoms with van der Waals surface area (Å²) in [6.07, 6.45) is 6.89. The third-order valence-corrected chi connectivity index (χ3v) is 4.67. The van der Waals surface area contributed by atoms with Crippen LogP contribution in [0.2, 0.25) is 0 Å². The Balaban J connectivity index is 2.07. The van der Waals surface area contributed by atoms with Crippen LogP contribution in [0.3, 0.4) is 0 Å². The average Bonchev–Trinajstić information content (AvgIpc) is 2.29. The largest absolute Gasteiger partial charge is 0.395 e. The normalized spacial score (nSPS) is 32.8. The average molecular weight is 240 g/mol. The van der Waals surface area contributed by atoms with Crippen molar-refractivity contribution in [2.75, 3.05) is 26.7 Å². The molecule has 0 radical (unpaired) electrons. The van der Waals surface area contributed by atoms with E-state index in [0.29, 0.717) is 6.04 Å². The van der Waals surface area contributed by atoms with Gasteiger partial charge in [0.1, 0.15) is 0 Å². The van der Waals surface area contributed by atoms with Gasteiger partial charge in [0.25, 0.3) is 0 Å². The first-order valence-corrected chi connectivity index (χ1v) is 7.12. The summed E-state index contributed by atoms with van der Waals surface area (Å²) in [6, 6.07) is 1.08. The molecule has 1 heterocycles. The van der Waals surface area contributed by atoms with Crippen LogP contribution in [-0.4, -0.2) is 59.3 Å². The summed E-state index contributed by atoms with van der Waals surface area (Å²) in [6.45, 7) is 7.09. The van der Waals surface area contributed by atoms with Crippen molar-refractivity contribution >= 4 is 0 Å². The van der Waals surface area contributed by atoms with Crippen LogP contribution >= 0.6 is 0 Å². The molecule has 3 heteroatoms. The molecule has 3 nitrogen and oxygen atoms in total. The van der Waals surface area contributed by atoms with E-state index in [4.69, 9.17) is 0 Å². The SMILES string of the molecule is CN1CC(C)(C)N(C2CCCCC2)CC1CO. The van der Waals surface area contributed by atoms with Crippen LogP contribution in [0.5, 0.6) is 0 Å². The minimum Gasteiger partial charge on any atom is -0.395 e. The van der Waals surface area contributed by atoms with Gasteiger partial charge in [-0.05, 0) is 33.7 Å². The Morgan fingerprint density at radius 1 is 1.18 bits per heavy atom. The van der Waals surface area contributed by atoms with Crippen molar-refractivity contribution in [3.05, 3.63) is 0 Å². The minimum atomic E-state index is 0.252. The molecule has 1 aliphatic heterocycles. The summed E-state index contributed by atoms with van der Waals surface area (Å²) in [5.74, 6) is 0. The summed E-state index contributed by atoms with van der Waals surface area (Å²) in [5.41, 5.74) is 0.252. The quantitative estimate of drug-likeness (QED) is 0.796. The number of aliphatic hydroxyl groups excluding tert-OH is 1. The highest BCUT2D eigenvalue weighted by molar-refractivity contribution is 4.97. The lowest BCUT2D eigenvalue weighted by molar-refractivity contribution is -0.0536. The van der Waals surface area contributed by atoms with E-state index in [9.17, 15) is 5.11 Å². The van der Waals surface area contributed by atoms with Gasteiger partial charge in [-0.3, -0.25) is 9.80 Å². The van der Waals surface area contributed by atoms with Crippen LogP contribution in [-0.2, 0) is 0 Å². The molecule has 1 atom stereocenters. The first kappa shape index (κ1) is 13.3. The van der Waals surface area contributed by atoms with Crippen molar-refractivity contribution in [1.29, 1.82) is 0 Å². The number of rotatable bonds is 2. The summed E-state index contributed by atoms with van der Waals surface area (Å²) < 4.78 is 0. The summed E-state index contributed by atoms with van der Waals surface area (Å²) >= 11 is 0. The number of likely N-dealkylation sites (N-methyl/N-ethyl adjacent to an activating group) is 1. The molecule has 0 aromatic carbocycles. The molecule has 0 aromatic heterocycles. The molecule has 1 saturated carbocycles. The molecule has 0 aromatic rings. The van der Waals surface area contributed by atoms with E-state index in [0.717, 1.165) is 19.1 Å². The van der Waals surface area contributed by atoms with Gasteiger partial charge in [0.15, 0.2) is 0 Å². The van der Waals surface area contributed by atoms with Gasteiger partial charge in [-0.2, -0.15) is 0 Å². The fourth-order valence-corrected chi connectivity index (χ4v) is 3.68. The van der Waals surface area contributed by atoms with E-state index in [1.807, 2.05) is 0 Å². The Bertz CT molecular complexity index is 249. The molecule has 2 aliphatic rings. The van der Waals surface area contributed by atoms with Crippen LogP contribution in [0, 0.1) is 0 Å². The standard InChI is InChI=1S/C14H28N2O/c1-14(2)11-15(3)13(10-17)9-16(14)12-7-5-4-6-8-12/h12-13,17H,4-11H2,1-3H3. The van der Waals surface area contributed by atoms with Gasteiger partial charge in [-0.25, -0.2) is 0 Å². The predicted molar refractivity (Wildman–Crippen MR) is 71.2 cm³/mol. The molecule has 2 rings (SSSR count). The summed E-state index contributed by atoms with van der Waals surface area (Å²) in [4.78, 5) is 4.99. The van der Waals surface area contributed by atoms with Gasteiger partial charge >= 0.3 is 0 Å². The molecule has 100 valence electrons. The zero-order chi connectivity index (χ0) is 12.5. The third-order valence-electron chi connectivity index (χ3n) is 4.67. The van der Waals surface area contributed by atoms with Crippen molar-refractivity contribution in [3.8, 4) is 0 Å². The van der Waals surface area contributed by atoms with E-state index < -0.39 is 0 Å². The van der Waals surface area contributed by atoms with Gasteiger partial charge in [-0.15, -0.1) is 0 Å². The Hall–Kier alpha value is -0.120. The highest BCUT2D eigenvalue weighted by atomic mass is 16.3. The van der Waals surface area contributed by atoms with Gasteiger partial charge in [0.2, 0.25) is 0 Å². The fraction of sp³-hybridized carbons (Fsp3) is 1.00. The van der Waals surface area contributed by atoms with Gasteiger partial charge in [0, 0.05) is 30.7 Å². The molecule has 0 amide bonds. The van der Waals surface area contributed by atoms with Crippen LogP contribution in [0.25, 0.3) is 0 Å². The number of hydrogen-bond donors (Lipinski definition) is 1. The molecular formula is C14H28N2O. The highest BCUT2D eigenvalue weighted by Crippen LogP contribution is 2.32. The predicted octanol–water partition coefficient (Wildman–Crippen LogP) is 1.71. The molecule has 17 heavy (non-hydrogen) atoms. The van der Waals surface area contributed by atoms with E-state index in [-0.39, 0.29) is 12.1 Å². The molecule has 1 saturated heterocycles. The third kappa shape index (κ3) is 2.83.